The summed E-state index contributed by atoms with van der Waals surface area (Å²) in [6.07, 6.45) is 5.75. The summed E-state index contributed by atoms with van der Waals surface area (Å²) < 4.78 is 7.69. The number of ether oxygens (including phenoxy) is 1. The van der Waals surface area contributed by atoms with Crippen LogP contribution in [-0.2, 0) is 17.8 Å². The van der Waals surface area contributed by atoms with Gasteiger partial charge in [0.1, 0.15) is 12.4 Å². The van der Waals surface area contributed by atoms with E-state index in [0.29, 0.717) is 13.0 Å². The third-order valence-electron chi connectivity index (χ3n) is 3.91. The molecule has 1 amide bonds. The highest BCUT2D eigenvalue weighted by molar-refractivity contribution is 5.92. The van der Waals surface area contributed by atoms with Gasteiger partial charge in [0.05, 0.1) is 19.3 Å². The molecule has 0 aliphatic carbocycles. The molecular weight excluding hydrogens is 314 g/mol. The Morgan fingerprint density at radius 2 is 2.08 bits per heavy atom. The lowest BCUT2D eigenvalue weighted by atomic mass is 10.1. The predicted octanol–water partition coefficient (Wildman–Crippen LogP) is 3.45. The number of aromatic nitrogens is 2. The quantitative estimate of drug-likeness (QED) is 0.719. The molecule has 0 saturated heterocycles. The van der Waals surface area contributed by atoms with Crippen molar-refractivity contribution in [3.05, 3.63) is 78.4 Å². The second kappa shape index (κ2) is 8.15. The van der Waals surface area contributed by atoms with Gasteiger partial charge in [-0.25, -0.2) is 4.98 Å². The molecule has 0 atom stereocenters. The number of nitrogens with one attached hydrogen (secondary N) is 1. The van der Waals surface area contributed by atoms with Gasteiger partial charge >= 0.3 is 0 Å². The minimum absolute atomic E-state index is 0.0372. The normalized spacial score (nSPS) is 10.4. The number of carbonyl (C=O) groups is 1. The molecule has 0 spiro atoms. The minimum atomic E-state index is -0.0372. The van der Waals surface area contributed by atoms with Crippen molar-refractivity contribution >= 4 is 11.6 Å². The fourth-order valence-electron chi connectivity index (χ4n) is 2.54. The van der Waals surface area contributed by atoms with Crippen LogP contribution in [0.4, 0.5) is 5.69 Å². The molecule has 0 aliphatic heterocycles. The molecule has 1 aromatic heterocycles. The Kier molecular flexibility index (Phi) is 5.46. The fourth-order valence-corrected chi connectivity index (χ4v) is 2.54. The van der Waals surface area contributed by atoms with Gasteiger partial charge < -0.3 is 14.6 Å². The number of hydrogen-bond donors (Lipinski definition) is 1. The zero-order valence-corrected chi connectivity index (χ0v) is 14.2. The Morgan fingerprint density at radius 3 is 2.88 bits per heavy atom. The van der Waals surface area contributed by atoms with Crippen molar-refractivity contribution in [2.75, 3.05) is 11.9 Å². The number of aryl methyl sites for hydroxylation is 1. The van der Waals surface area contributed by atoms with Crippen molar-refractivity contribution in [3.63, 3.8) is 0 Å². The second-order valence-electron chi connectivity index (χ2n) is 5.83. The molecular formula is C20H21N3O2. The van der Waals surface area contributed by atoms with E-state index >= 15 is 0 Å². The Labute approximate surface area is 147 Å². The summed E-state index contributed by atoms with van der Waals surface area (Å²) in [6.45, 7) is 3.28. The van der Waals surface area contributed by atoms with Gasteiger partial charge in [-0.1, -0.05) is 30.3 Å². The largest absolute Gasteiger partial charge is 0.492 e. The highest BCUT2D eigenvalue weighted by Gasteiger charge is 2.07. The van der Waals surface area contributed by atoms with Gasteiger partial charge in [0, 0.05) is 24.1 Å². The maximum atomic E-state index is 12.3. The number of hydrogen-bond acceptors (Lipinski definition) is 3. The standard InChI is InChI=1S/C20H21N3O2/c1-16-5-2-3-6-17(16)13-20(24)22-18-7-4-8-19(14-18)25-12-11-23-10-9-21-15-23/h2-10,14-15H,11-13H2,1H3,(H,22,24). The molecule has 1 heterocycles. The van der Waals surface area contributed by atoms with Crippen LogP contribution in [0.2, 0.25) is 0 Å². The summed E-state index contributed by atoms with van der Waals surface area (Å²) in [5.74, 6) is 0.693. The molecule has 25 heavy (non-hydrogen) atoms. The third kappa shape index (κ3) is 4.94. The SMILES string of the molecule is Cc1ccccc1CC(=O)Nc1cccc(OCCn2ccnc2)c1. The number of benzene rings is 2. The minimum Gasteiger partial charge on any atom is -0.492 e. The van der Waals surface area contributed by atoms with Crippen LogP contribution in [0, 0.1) is 6.92 Å². The van der Waals surface area contributed by atoms with Crippen molar-refractivity contribution < 1.29 is 9.53 Å². The Morgan fingerprint density at radius 1 is 1.20 bits per heavy atom. The van der Waals surface area contributed by atoms with E-state index in [1.807, 2.05) is 66.2 Å². The topological polar surface area (TPSA) is 56.1 Å². The van der Waals surface area contributed by atoms with Gasteiger partial charge in [-0.15, -0.1) is 0 Å². The summed E-state index contributed by atoms with van der Waals surface area (Å²) in [4.78, 5) is 16.2. The number of amides is 1. The molecule has 0 aliphatic rings. The van der Waals surface area contributed by atoms with Crippen LogP contribution in [0.25, 0.3) is 0 Å². The van der Waals surface area contributed by atoms with Crippen LogP contribution in [-0.4, -0.2) is 22.1 Å². The van der Waals surface area contributed by atoms with Crippen molar-refractivity contribution in [1.29, 1.82) is 0 Å². The van der Waals surface area contributed by atoms with Crippen molar-refractivity contribution in [2.24, 2.45) is 0 Å². The first-order valence-electron chi connectivity index (χ1n) is 8.24. The lowest BCUT2D eigenvalue weighted by Gasteiger charge is -2.10. The monoisotopic (exact) mass is 335 g/mol. The highest BCUT2D eigenvalue weighted by Crippen LogP contribution is 2.18. The van der Waals surface area contributed by atoms with Crippen LogP contribution in [0.5, 0.6) is 5.75 Å². The van der Waals surface area contributed by atoms with E-state index in [2.05, 4.69) is 10.3 Å². The molecule has 0 bridgehead atoms. The molecule has 0 unspecified atom stereocenters. The van der Waals surface area contributed by atoms with E-state index in [1.165, 1.54) is 0 Å². The first-order valence-corrected chi connectivity index (χ1v) is 8.24. The van der Waals surface area contributed by atoms with Gasteiger partial charge in [-0.2, -0.15) is 0 Å². The van der Waals surface area contributed by atoms with Crippen LogP contribution in [0.3, 0.4) is 0 Å². The molecule has 128 valence electrons. The van der Waals surface area contributed by atoms with Gasteiger partial charge in [0.15, 0.2) is 0 Å². The molecule has 2 aromatic carbocycles. The Hall–Kier alpha value is -3.08. The summed E-state index contributed by atoms with van der Waals surface area (Å²) in [5, 5.41) is 2.93. The van der Waals surface area contributed by atoms with Crippen LogP contribution < -0.4 is 10.1 Å². The van der Waals surface area contributed by atoms with E-state index in [4.69, 9.17) is 4.74 Å². The third-order valence-corrected chi connectivity index (χ3v) is 3.91. The molecule has 0 fully saturated rings. The second-order valence-corrected chi connectivity index (χ2v) is 5.83. The van der Waals surface area contributed by atoms with Gasteiger partial charge in [0.2, 0.25) is 5.91 Å². The summed E-state index contributed by atoms with van der Waals surface area (Å²) >= 11 is 0. The van der Waals surface area contributed by atoms with Crippen molar-refractivity contribution in [3.8, 4) is 5.75 Å². The number of anilines is 1. The maximum absolute atomic E-state index is 12.3. The van der Waals surface area contributed by atoms with Crippen LogP contribution >= 0.6 is 0 Å². The smallest absolute Gasteiger partial charge is 0.228 e. The number of rotatable bonds is 7. The number of imidazole rings is 1. The molecule has 5 heteroatoms. The molecule has 0 saturated carbocycles. The average Bonchev–Trinajstić information content (AvgIpc) is 3.11. The van der Waals surface area contributed by atoms with Gasteiger partial charge in [0.25, 0.3) is 0 Å². The lowest BCUT2D eigenvalue weighted by molar-refractivity contribution is -0.115. The number of carbonyl (C=O) groups excluding carboxylic acids is 1. The summed E-state index contributed by atoms with van der Waals surface area (Å²) in [6, 6.07) is 15.4. The van der Waals surface area contributed by atoms with Crippen LogP contribution in [0.1, 0.15) is 11.1 Å². The zero-order chi connectivity index (χ0) is 17.5. The molecule has 3 aromatic rings. The Bertz CT molecular complexity index is 828. The van der Waals surface area contributed by atoms with Crippen LogP contribution in [0.15, 0.2) is 67.3 Å². The average molecular weight is 335 g/mol. The molecule has 5 nitrogen and oxygen atoms in total. The van der Waals surface area contributed by atoms with E-state index in [9.17, 15) is 4.79 Å². The molecule has 3 rings (SSSR count). The maximum Gasteiger partial charge on any atom is 0.228 e. The van der Waals surface area contributed by atoms with Crippen molar-refractivity contribution in [1.82, 2.24) is 9.55 Å². The van der Waals surface area contributed by atoms with Gasteiger partial charge in [-0.3, -0.25) is 4.79 Å². The van der Waals surface area contributed by atoms with E-state index in [-0.39, 0.29) is 5.91 Å². The molecule has 0 radical (unpaired) electrons. The van der Waals surface area contributed by atoms with Crippen molar-refractivity contribution in [2.45, 2.75) is 19.9 Å². The lowest BCUT2D eigenvalue weighted by Crippen LogP contribution is -2.15. The predicted molar refractivity (Wildman–Crippen MR) is 97.7 cm³/mol. The highest BCUT2D eigenvalue weighted by atomic mass is 16.5. The van der Waals surface area contributed by atoms with E-state index in [0.717, 1.165) is 29.1 Å². The van der Waals surface area contributed by atoms with E-state index < -0.39 is 0 Å². The number of nitrogens with zero attached hydrogens (tertiary/aromatic N) is 2. The van der Waals surface area contributed by atoms with Gasteiger partial charge in [-0.05, 0) is 30.2 Å². The molecule has 1 N–H and O–H groups in total. The van der Waals surface area contributed by atoms with E-state index in [1.54, 1.807) is 12.5 Å². The zero-order valence-electron chi connectivity index (χ0n) is 14.2. The first-order chi connectivity index (χ1) is 12.2. The fraction of sp³-hybridized carbons (Fsp3) is 0.200. The first kappa shape index (κ1) is 16.8. The Balaban J connectivity index is 1.54. The summed E-state index contributed by atoms with van der Waals surface area (Å²) in [7, 11) is 0. The summed E-state index contributed by atoms with van der Waals surface area (Å²) in [5.41, 5.74) is 2.89.